The normalized spacial score (nSPS) is 30.0. The summed E-state index contributed by atoms with van der Waals surface area (Å²) in [6.07, 6.45) is 3.95. The number of amides is 1. The smallest absolute Gasteiger partial charge is 0.292 e. The minimum absolute atomic E-state index is 0.0522. The molecule has 5 heteroatoms. The highest BCUT2D eigenvalue weighted by Gasteiger charge is 2.43. The molecule has 4 atom stereocenters. The first-order chi connectivity index (χ1) is 10.6. The Morgan fingerprint density at radius 3 is 2.23 bits per heavy atom. The van der Waals surface area contributed by atoms with Gasteiger partial charge in [0.25, 0.3) is 5.91 Å². The predicted molar refractivity (Wildman–Crippen MR) is 80.4 cm³/mol. The fourth-order valence-corrected chi connectivity index (χ4v) is 4.00. The van der Waals surface area contributed by atoms with E-state index in [-0.39, 0.29) is 24.0 Å². The summed E-state index contributed by atoms with van der Waals surface area (Å²) in [5, 5.41) is 21.5. The number of hydrogen-bond acceptors (Lipinski definition) is 4. The number of carbonyl (C=O) groups is 2. The highest BCUT2D eigenvalue weighted by molar-refractivity contribution is 6.42. The third-order valence-electron chi connectivity index (χ3n) is 5.09. The summed E-state index contributed by atoms with van der Waals surface area (Å²) in [5.41, 5.74) is 0.284. The van der Waals surface area contributed by atoms with Gasteiger partial charge < -0.3 is 15.5 Å². The molecule has 2 aliphatic carbocycles. The molecule has 1 amide bonds. The Bertz CT molecular complexity index is 555. The Morgan fingerprint density at radius 1 is 1.09 bits per heavy atom. The molecule has 1 aromatic carbocycles. The second-order valence-corrected chi connectivity index (χ2v) is 6.49. The van der Waals surface area contributed by atoms with E-state index < -0.39 is 11.7 Å². The summed E-state index contributed by atoms with van der Waals surface area (Å²) in [6, 6.07) is 5.76. The number of carbonyl (C=O) groups excluding carboxylic acids is 2. The van der Waals surface area contributed by atoms with Gasteiger partial charge >= 0.3 is 0 Å². The maximum absolute atomic E-state index is 12.2. The standard InChI is InChI=1S/C17H21NO4/c19-9-10-7-12-1-2-13(8-10)15(12)18-17(22)16(21)11-3-5-14(20)6-4-11/h3-6,10,12-13,15,19-20H,1-2,7-9H2,(H,18,22)/t10?,12-,13+,15?. The van der Waals surface area contributed by atoms with Crippen LogP contribution in [0.25, 0.3) is 0 Å². The highest BCUT2D eigenvalue weighted by atomic mass is 16.3. The number of fused-ring (bicyclic) bond motifs is 2. The predicted octanol–water partition coefficient (Wildman–Crippen LogP) is 1.49. The minimum atomic E-state index is -0.574. The molecule has 0 aliphatic heterocycles. The molecule has 2 fully saturated rings. The SMILES string of the molecule is O=C(NC1[C@@H]2CC[C@H]1CC(CO)C2)C(=O)c1ccc(O)cc1. The van der Waals surface area contributed by atoms with Crippen LogP contribution >= 0.6 is 0 Å². The quantitative estimate of drug-likeness (QED) is 0.581. The number of hydrogen-bond donors (Lipinski definition) is 3. The minimum Gasteiger partial charge on any atom is -0.508 e. The van der Waals surface area contributed by atoms with Crippen molar-refractivity contribution in [1.29, 1.82) is 0 Å². The molecule has 2 saturated carbocycles. The molecule has 0 saturated heterocycles. The highest BCUT2D eigenvalue weighted by Crippen LogP contribution is 2.44. The molecule has 0 aromatic heterocycles. The Kier molecular flexibility index (Phi) is 4.16. The van der Waals surface area contributed by atoms with Gasteiger partial charge in [0.2, 0.25) is 5.78 Å². The van der Waals surface area contributed by atoms with Crippen molar-refractivity contribution >= 4 is 11.7 Å². The lowest BCUT2D eigenvalue weighted by Gasteiger charge is -2.34. The number of aliphatic hydroxyl groups excluding tert-OH is 1. The fraction of sp³-hybridized carbons (Fsp3) is 0.529. The van der Waals surface area contributed by atoms with Gasteiger partial charge in [-0.15, -0.1) is 0 Å². The largest absolute Gasteiger partial charge is 0.508 e. The van der Waals surface area contributed by atoms with Gasteiger partial charge in [-0.3, -0.25) is 9.59 Å². The maximum atomic E-state index is 12.2. The van der Waals surface area contributed by atoms with Crippen molar-refractivity contribution in [3.05, 3.63) is 29.8 Å². The van der Waals surface area contributed by atoms with E-state index in [2.05, 4.69) is 5.32 Å². The fourth-order valence-electron chi connectivity index (χ4n) is 4.00. The molecule has 5 nitrogen and oxygen atoms in total. The number of phenols is 1. The molecule has 22 heavy (non-hydrogen) atoms. The lowest BCUT2D eigenvalue weighted by Crippen LogP contribution is -2.47. The average Bonchev–Trinajstić information content (AvgIpc) is 2.76. The van der Waals surface area contributed by atoms with Crippen LogP contribution in [0.4, 0.5) is 0 Å². The Labute approximate surface area is 129 Å². The zero-order chi connectivity index (χ0) is 15.7. The number of benzene rings is 1. The van der Waals surface area contributed by atoms with Crippen LogP contribution < -0.4 is 5.32 Å². The van der Waals surface area contributed by atoms with E-state index in [9.17, 15) is 19.8 Å². The lowest BCUT2D eigenvalue weighted by molar-refractivity contribution is -0.118. The van der Waals surface area contributed by atoms with Gasteiger partial charge in [-0.25, -0.2) is 0 Å². The lowest BCUT2D eigenvalue weighted by atomic mass is 9.77. The van der Waals surface area contributed by atoms with Crippen molar-refractivity contribution in [2.24, 2.45) is 17.8 Å². The summed E-state index contributed by atoms with van der Waals surface area (Å²) < 4.78 is 0. The van der Waals surface area contributed by atoms with E-state index in [1.165, 1.54) is 24.3 Å². The van der Waals surface area contributed by atoms with Gasteiger partial charge in [0.1, 0.15) is 5.75 Å². The maximum Gasteiger partial charge on any atom is 0.292 e. The first-order valence-corrected chi connectivity index (χ1v) is 7.83. The van der Waals surface area contributed by atoms with E-state index in [0.717, 1.165) is 25.7 Å². The Balaban J connectivity index is 1.65. The second kappa shape index (κ2) is 6.08. The van der Waals surface area contributed by atoms with Crippen LogP contribution in [0.3, 0.4) is 0 Å². The van der Waals surface area contributed by atoms with E-state index in [1.54, 1.807) is 0 Å². The molecule has 3 N–H and O–H groups in total. The average molecular weight is 303 g/mol. The van der Waals surface area contributed by atoms with Crippen LogP contribution in [0.1, 0.15) is 36.0 Å². The van der Waals surface area contributed by atoms with Gasteiger partial charge in [0, 0.05) is 18.2 Å². The molecule has 2 unspecified atom stereocenters. The summed E-state index contributed by atoms with van der Waals surface area (Å²) in [5.74, 6) is -0.00515. The number of nitrogens with one attached hydrogen (secondary N) is 1. The number of rotatable bonds is 4. The molecule has 3 rings (SSSR count). The van der Waals surface area contributed by atoms with E-state index in [0.29, 0.717) is 17.8 Å². The van der Waals surface area contributed by atoms with Gasteiger partial charge in [0.05, 0.1) is 0 Å². The molecule has 0 heterocycles. The van der Waals surface area contributed by atoms with Crippen molar-refractivity contribution in [3.63, 3.8) is 0 Å². The monoisotopic (exact) mass is 303 g/mol. The summed E-state index contributed by atoms with van der Waals surface area (Å²) in [6.45, 7) is 0.208. The van der Waals surface area contributed by atoms with Crippen molar-refractivity contribution in [3.8, 4) is 5.75 Å². The van der Waals surface area contributed by atoms with Crippen LogP contribution in [0.2, 0.25) is 0 Å². The van der Waals surface area contributed by atoms with Gasteiger partial charge in [-0.2, -0.15) is 0 Å². The molecular formula is C17H21NO4. The number of ketones is 1. The second-order valence-electron chi connectivity index (χ2n) is 6.49. The number of aromatic hydroxyl groups is 1. The number of Topliss-reactive ketones (excluding diaryl/α,β-unsaturated/α-hetero) is 1. The van der Waals surface area contributed by atoms with E-state index in [1.807, 2.05) is 0 Å². The number of aliphatic hydroxyl groups is 1. The summed E-state index contributed by atoms with van der Waals surface area (Å²) in [4.78, 5) is 24.3. The van der Waals surface area contributed by atoms with Crippen molar-refractivity contribution in [2.45, 2.75) is 31.7 Å². The molecule has 1 aromatic rings. The molecule has 118 valence electrons. The van der Waals surface area contributed by atoms with Crippen LogP contribution in [0, 0.1) is 17.8 Å². The first-order valence-electron chi connectivity index (χ1n) is 7.83. The molecule has 2 aliphatic rings. The summed E-state index contributed by atoms with van der Waals surface area (Å²) >= 11 is 0. The van der Waals surface area contributed by atoms with Crippen molar-refractivity contribution in [2.75, 3.05) is 6.61 Å². The van der Waals surface area contributed by atoms with E-state index >= 15 is 0 Å². The van der Waals surface area contributed by atoms with Gasteiger partial charge in [-0.1, -0.05) is 0 Å². The van der Waals surface area contributed by atoms with Crippen LogP contribution in [-0.4, -0.2) is 34.6 Å². The topological polar surface area (TPSA) is 86.6 Å². The van der Waals surface area contributed by atoms with Crippen LogP contribution in [0.15, 0.2) is 24.3 Å². The van der Waals surface area contributed by atoms with E-state index in [4.69, 9.17) is 0 Å². The van der Waals surface area contributed by atoms with Crippen LogP contribution in [0.5, 0.6) is 5.75 Å². The summed E-state index contributed by atoms with van der Waals surface area (Å²) in [7, 11) is 0. The van der Waals surface area contributed by atoms with Gasteiger partial charge in [-0.05, 0) is 67.7 Å². The Hall–Kier alpha value is -1.88. The Morgan fingerprint density at radius 2 is 1.68 bits per heavy atom. The number of phenolic OH excluding ortho intramolecular Hbond substituents is 1. The molecular weight excluding hydrogens is 282 g/mol. The van der Waals surface area contributed by atoms with Crippen molar-refractivity contribution < 1.29 is 19.8 Å². The molecule has 0 spiro atoms. The zero-order valence-corrected chi connectivity index (χ0v) is 12.4. The van der Waals surface area contributed by atoms with Crippen molar-refractivity contribution in [1.82, 2.24) is 5.32 Å². The van der Waals surface area contributed by atoms with Gasteiger partial charge in [0.15, 0.2) is 0 Å². The molecule has 0 radical (unpaired) electrons. The third kappa shape index (κ3) is 2.86. The zero-order valence-electron chi connectivity index (χ0n) is 12.4. The first kappa shape index (κ1) is 15.0. The van der Waals surface area contributed by atoms with Crippen LogP contribution in [-0.2, 0) is 4.79 Å². The molecule has 2 bridgehead atoms. The third-order valence-corrected chi connectivity index (χ3v) is 5.09.